The number of halogens is 1. The van der Waals surface area contributed by atoms with E-state index in [1.54, 1.807) is 18.2 Å². The molecule has 0 saturated carbocycles. The van der Waals surface area contributed by atoms with Gasteiger partial charge in [0.05, 0.1) is 11.6 Å². The van der Waals surface area contributed by atoms with Gasteiger partial charge in [0.1, 0.15) is 0 Å². The number of carbonyl (C=O) groups is 1. The minimum absolute atomic E-state index is 0.120. The van der Waals surface area contributed by atoms with E-state index in [-0.39, 0.29) is 11.6 Å². The maximum absolute atomic E-state index is 11.2. The van der Waals surface area contributed by atoms with Crippen LogP contribution in [0.1, 0.15) is 28.9 Å². The Morgan fingerprint density at radius 2 is 2.00 bits per heavy atom. The fourth-order valence-electron chi connectivity index (χ4n) is 2.00. The first-order valence-corrected chi connectivity index (χ1v) is 6.50. The molecule has 2 rings (SSSR count). The van der Waals surface area contributed by atoms with Gasteiger partial charge < -0.3 is 16.2 Å². The van der Waals surface area contributed by atoms with Crippen LogP contribution >= 0.6 is 11.6 Å². The van der Waals surface area contributed by atoms with Crippen LogP contribution in [0.5, 0.6) is 0 Å². The van der Waals surface area contributed by atoms with Crippen molar-refractivity contribution >= 4 is 28.9 Å². The molecule has 0 spiro atoms. The zero-order valence-electron chi connectivity index (χ0n) is 10.9. The van der Waals surface area contributed by atoms with Gasteiger partial charge in [-0.1, -0.05) is 29.8 Å². The highest BCUT2D eigenvalue weighted by Crippen LogP contribution is 2.28. The van der Waals surface area contributed by atoms with Crippen LogP contribution in [0.3, 0.4) is 0 Å². The van der Waals surface area contributed by atoms with Gasteiger partial charge in [-0.25, -0.2) is 4.79 Å². The van der Waals surface area contributed by atoms with Crippen molar-refractivity contribution in [3.8, 4) is 0 Å². The normalized spacial score (nSPS) is 11.9. The second-order valence-corrected chi connectivity index (χ2v) is 4.90. The Bertz CT molecular complexity index is 644. The van der Waals surface area contributed by atoms with Crippen molar-refractivity contribution in [1.82, 2.24) is 0 Å². The molecule has 5 heteroatoms. The van der Waals surface area contributed by atoms with Crippen LogP contribution in [0.25, 0.3) is 0 Å². The van der Waals surface area contributed by atoms with Gasteiger partial charge >= 0.3 is 5.97 Å². The number of nitrogens with two attached hydrogens (primary N) is 1. The largest absolute Gasteiger partial charge is 0.478 e. The van der Waals surface area contributed by atoms with Crippen LogP contribution in [0.2, 0.25) is 5.02 Å². The molecule has 4 N–H and O–H groups in total. The molecule has 0 aliphatic heterocycles. The number of nitrogen functional groups attached to an aromatic ring is 1. The average Bonchev–Trinajstić information content (AvgIpc) is 2.41. The summed E-state index contributed by atoms with van der Waals surface area (Å²) in [5.74, 6) is -1.02. The molecule has 0 fully saturated rings. The summed E-state index contributed by atoms with van der Waals surface area (Å²) in [5.41, 5.74) is 7.59. The Kier molecular flexibility index (Phi) is 4.15. The molecule has 0 aliphatic rings. The lowest BCUT2D eigenvalue weighted by Crippen LogP contribution is -2.11. The van der Waals surface area contributed by atoms with Crippen molar-refractivity contribution < 1.29 is 9.90 Å². The van der Waals surface area contributed by atoms with Gasteiger partial charge in [-0.05, 0) is 36.8 Å². The van der Waals surface area contributed by atoms with Crippen LogP contribution in [0, 0.1) is 0 Å². The summed E-state index contributed by atoms with van der Waals surface area (Å²) < 4.78 is 0. The molecule has 2 aromatic rings. The zero-order valence-corrected chi connectivity index (χ0v) is 11.7. The molecule has 0 amide bonds. The number of nitrogens with one attached hydrogen (secondary N) is 1. The van der Waals surface area contributed by atoms with Crippen LogP contribution in [0.15, 0.2) is 42.5 Å². The monoisotopic (exact) mass is 290 g/mol. The Morgan fingerprint density at radius 1 is 1.30 bits per heavy atom. The lowest BCUT2D eigenvalue weighted by molar-refractivity contribution is 0.0698. The maximum Gasteiger partial charge on any atom is 0.337 e. The predicted molar refractivity (Wildman–Crippen MR) is 81.3 cm³/mol. The summed E-state index contributed by atoms with van der Waals surface area (Å²) in [6, 6.07) is 12.1. The number of aromatic carboxylic acids is 1. The Morgan fingerprint density at radius 3 is 2.65 bits per heavy atom. The molecule has 0 saturated heterocycles. The van der Waals surface area contributed by atoms with Crippen molar-refractivity contribution in [2.24, 2.45) is 0 Å². The van der Waals surface area contributed by atoms with Crippen molar-refractivity contribution in [1.29, 1.82) is 0 Å². The van der Waals surface area contributed by atoms with E-state index < -0.39 is 5.97 Å². The van der Waals surface area contributed by atoms with E-state index in [2.05, 4.69) is 5.32 Å². The molecule has 2 aromatic carbocycles. The molecule has 0 radical (unpaired) electrons. The maximum atomic E-state index is 11.2. The van der Waals surface area contributed by atoms with Crippen LogP contribution in [-0.4, -0.2) is 11.1 Å². The first-order valence-electron chi connectivity index (χ1n) is 6.13. The molecule has 20 heavy (non-hydrogen) atoms. The number of carboxylic acids is 1. The summed E-state index contributed by atoms with van der Waals surface area (Å²) in [6.45, 7) is 1.92. The molecule has 4 nitrogen and oxygen atoms in total. The highest BCUT2D eigenvalue weighted by atomic mass is 35.5. The van der Waals surface area contributed by atoms with E-state index in [9.17, 15) is 9.90 Å². The minimum atomic E-state index is -1.02. The van der Waals surface area contributed by atoms with Crippen molar-refractivity contribution in [3.63, 3.8) is 0 Å². The van der Waals surface area contributed by atoms with E-state index in [1.807, 2.05) is 25.1 Å². The number of rotatable bonds is 4. The Labute approximate surface area is 122 Å². The number of anilines is 2. The molecule has 1 atom stereocenters. The quantitative estimate of drug-likeness (QED) is 0.749. The summed E-state index contributed by atoms with van der Waals surface area (Å²) in [4.78, 5) is 11.2. The zero-order chi connectivity index (χ0) is 14.7. The van der Waals surface area contributed by atoms with E-state index in [0.717, 1.165) is 5.56 Å². The fourth-order valence-corrected chi connectivity index (χ4v) is 2.30. The van der Waals surface area contributed by atoms with Crippen molar-refractivity contribution in [2.45, 2.75) is 13.0 Å². The first-order chi connectivity index (χ1) is 9.49. The van der Waals surface area contributed by atoms with Gasteiger partial charge in [0, 0.05) is 16.4 Å². The van der Waals surface area contributed by atoms with Crippen molar-refractivity contribution in [3.05, 3.63) is 58.6 Å². The number of hydrogen-bond donors (Lipinski definition) is 3. The van der Waals surface area contributed by atoms with Gasteiger partial charge in [0.2, 0.25) is 0 Å². The highest BCUT2D eigenvalue weighted by molar-refractivity contribution is 6.31. The van der Waals surface area contributed by atoms with E-state index in [4.69, 9.17) is 17.3 Å². The molecule has 104 valence electrons. The molecule has 0 bridgehead atoms. The van der Waals surface area contributed by atoms with Gasteiger partial charge in [-0.3, -0.25) is 0 Å². The predicted octanol–water partition coefficient (Wildman–Crippen LogP) is 3.79. The van der Waals surface area contributed by atoms with Gasteiger partial charge in [0.25, 0.3) is 0 Å². The number of hydrogen-bond acceptors (Lipinski definition) is 3. The molecule has 0 heterocycles. The second kappa shape index (κ2) is 5.84. The summed E-state index contributed by atoms with van der Waals surface area (Å²) in [7, 11) is 0. The fraction of sp³-hybridized carbons (Fsp3) is 0.133. The Hall–Kier alpha value is -2.20. The third kappa shape index (κ3) is 3.03. The second-order valence-electron chi connectivity index (χ2n) is 4.50. The smallest absolute Gasteiger partial charge is 0.337 e. The molecular weight excluding hydrogens is 276 g/mol. The van der Waals surface area contributed by atoms with Gasteiger partial charge in [0.15, 0.2) is 0 Å². The summed E-state index contributed by atoms with van der Waals surface area (Å²) >= 11 is 6.14. The Balaban J connectivity index is 2.31. The standard InChI is InChI=1S/C15H15ClN2O2/c1-9(11-4-2-3-5-13(11)16)18-14-7-6-10(17)8-12(14)15(19)20/h2-9,18H,17H2,1H3,(H,19,20). The minimum Gasteiger partial charge on any atom is -0.478 e. The van der Waals surface area contributed by atoms with E-state index in [1.165, 1.54) is 6.07 Å². The number of carboxylic acid groups (broad SMARTS) is 1. The molecule has 0 aliphatic carbocycles. The molecule has 0 aromatic heterocycles. The molecular formula is C15H15ClN2O2. The van der Waals surface area contributed by atoms with Crippen molar-refractivity contribution in [2.75, 3.05) is 11.1 Å². The average molecular weight is 291 g/mol. The van der Waals surface area contributed by atoms with Gasteiger partial charge in [-0.15, -0.1) is 0 Å². The van der Waals surface area contributed by atoms with Gasteiger partial charge in [-0.2, -0.15) is 0 Å². The van der Waals surface area contributed by atoms with Crippen LogP contribution < -0.4 is 11.1 Å². The topological polar surface area (TPSA) is 75.3 Å². The SMILES string of the molecule is CC(Nc1ccc(N)cc1C(=O)O)c1ccccc1Cl. The third-order valence-electron chi connectivity index (χ3n) is 3.02. The number of benzene rings is 2. The lowest BCUT2D eigenvalue weighted by Gasteiger charge is -2.18. The van der Waals surface area contributed by atoms with E-state index in [0.29, 0.717) is 16.4 Å². The van der Waals surface area contributed by atoms with E-state index >= 15 is 0 Å². The first kappa shape index (κ1) is 14.2. The van der Waals surface area contributed by atoms with Crippen LogP contribution in [0.4, 0.5) is 11.4 Å². The third-order valence-corrected chi connectivity index (χ3v) is 3.36. The highest BCUT2D eigenvalue weighted by Gasteiger charge is 2.14. The molecule has 1 unspecified atom stereocenters. The van der Waals surface area contributed by atoms with Crippen LogP contribution in [-0.2, 0) is 0 Å². The lowest BCUT2D eigenvalue weighted by atomic mass is 10.1. The summed E-state index contributed by atoms with van der Waals surface area (Å²) in [6.07, 6.45) is 0. The summed E-state index contributed by atoms with van der Waals surface area (Å²) in [5, 5.41) is 13.0.